The molecule has 0 bridgehead atoms. The first-order chi connectivity index (χ1) is 15.5. The lowest BCUT2D eigenvalue weighted by molar-refractivity contribution is 0.0600. The number of amides is 1. The molecular formula is C25H27N3O4. The molecule has 4 rings (SSSR count). The van der Waals surface area contributed by atoms with E-state index in [-0.39, 0.29) is 11.5 Å². The van der Waals surface area contributed by atoms with Crippen LogP contribution in [0.15, 0.2) is 47.3 Å². The van der Waals surface area contributed by atoms with Gasteiger partial charge in [-0.05, 0) is 48.7 Å². The first kappa shape index (κ1) is 21.7. The maximum atomic E-state index is 13.0. The average molecular weight is 434 g/mol. The molecule has 1 amide bonds. The lowest BCUT2D eigenvalue weighted by Gasteiger charge is -2.19. The van der Waals surface area contributed by atoms with Crippen molar-refractivity contribution in [2.75, 3.05) is 14.2 Å². The summed E-state index contributed by atoms with van der Waals surface area (Å²) in [5.74, 6) is 0.262. The van der Waals surface area contributed by atoms with E-state index in [1.165, 1.54) is 7.11 Å². The Hall–Kier alpha value is -3.48. The highest BCUT2D eigenvalue weighted by Gasteiger charge is 2.17. The Morgan fingerprint density at radius 2 is 1.75 bits per heavy atom. The standard InChI is InChI=1S/C25H27N3O4/c1-27(16-17-8-10-18(11-9-17)25(31)32-2)23(29)19-12-13-20-21(15-19)26-22-7-5-3-4-6-14-28(22)24(20)30/h8-13,15H,3-7,14,16H2,1-2H3. The number of esters is 1. The number of carbonyl (C=O) groups excluding carboxylic acids is 2. The van der Waals surface area contributed by atoms with Crippen molar-refractivity contribution >= 4 is 22.8 Å². The summed E-state index contributed by atoms with van der Waals surface area (Å²) in [6, 6.07) is 12.1. The van der Waals surface area contributed by atoms with Gasteiger partial charge in [0.25, 0.3) is 11.5 Å². The summed E-state index contributed by atoms with van der Waals surface area (Å²) in [5.41, 5.74) is 2.40. The molecule has 1 aliphatic rings. The maximum absolute atomic E-state index is 13.0. The van der Waals surface area contributed by atoms with Crippen LogP contribution in [0.4, 0.5) is 0 Å². The molecule has 0 N–H and O–H groups in total. The van der Waals surface area contributed by atoms with Crippen LogP contribution in [0.5, 0.6) is 0 Å². The van der Waals surface area contributed by atoms with Gasteiger partial charge in [-0.1, -0.05) is 25.0 Å². The van der Waals surface area contributed by atoms with Gasteiger partial charge in [-0.15, -0.1) is 0 Å². The molecule has 0 atom stereocenters. The molecule has 0 fully saturated rings. The van der Waals surface area contributed by atoms with Crippen LogP contribution in [-0.4, -0.2) is 40.5 Å². The molecule has 7 heteroatoms. The van der Waals surface area contributed by atoms with Gasteiger partial charge in [-0.3, -0.25) is 14.2 Å². The van der Waals surface area contributed by atoms with Crippen molar-refractivity contribution in [3.05, 3.63) is 75.3 Å². The Bertz CT molecular complexity index is 1210. The number of hydrogen-bond acceptors (Lipinski definition) is 5. The second-order valence-corrected chi connectivity index (χ2v) is 8.23. The Morgan fingerprint density at radius 3 is 2.50 bits per heavy atom. The molecule has 0 radical (unpaired) electrons. The van der Waals surface area contributed by atoms with Crippen LogP contribution in [-0.2, 0) is 24.2 Å². The summed E-state index contributed by atoms with van der Waals surface area (Å²) in [5, 5.41) is 0.548. The number of carbonyl (C=O) groups is 2. The summed E-state index contributed by atoms with van der Waals surface area (Å²) in [7, 11) is 3.07. The predicted molar refractivity (Wildman–Crippen MR) is 122 cm³/mol. The zero-order valence-electron chi connectivity index (χ0n) is 18.5. The molecule has 0 saturated carbocycles. The van der Waals surface area contributed by atoms with Gasteiger partial charge in [-0.25, -0.2) is 9.78 Å². The fourth-order valence-corrected chi connectivity index (χ4v) is 4.16. The highest BCUT2D eigenvalue weighted by Crippen LogP contribution is 2.18. The van der Waals surface area contributed by atoms with Crippen LogP contribution in [0.3, 0.4) is 0 Å². The van der Waals surface area contributed by atoms with Crippen molar-refractivity contribution in [2.45, 2.75) is 45.2 Å². The van der Waals surface area contributed by atoms with Gasteiger partial charge in [0.15, 0.2) is 0 Å². The third-order valence-electron chi connectivity index (χ3n) is 5.95. The van der Waals surface area contributed by atoms with Crippen molar-refractivity contribution in [2.24, 2.45) is 0 Å². The van der Waals surface area contributed by atoms with E-state index in [1.807, 2.05) is 0 Å². The van der Waals surface area contributed by atoms with Crippen molar-refractivity contribution < 1.29 is 14.3 Å². The quantitative estimate of drug-likeness (QED) is 0.588. The highest BCUT2D eigenvalue weighted by molar-refractivity contribution is 5.97. The molecule has 2 aromatic carbocycles. The smallest absolute Gasteiger partial charge is 0.337 e. The van der Waals surface area contributed by atoms with Crippen molar-refractivity contribution in [3.8, 4) is 0 Å². The van der Waals surface area contributed by atoms with Crippen molar-refractivity contribution in [3.63, 3.8) is 0 Å². The van der Waals surface area contributed by atoms with Crippen molar-refractivity contribution in [1.82, 2.24) is 14.5 Å². The number of aryl methyl sites for hydroxylation is 1. The Balaban J connectivity index is 1.57. The molecule has 0 aliphatic carbocycles. The molecule has 3 aromatic rings. The summed E-state index contributed by atoms with van der Waals surface area (Å²) in [6.07, 6.45) is 5.08. The minimum atomic E-state index is -0.394. The third-order valence-corrected chi connectivity index (χ3v) is 5.95. The number of benzene rings is 2. The SMILES string of the molecule is COC(=O)c1ccc(CN(C)C(=O)c2ccc3c(=O)n4c(nc3c2)CCCCCC4)cc1. The van der Waals surface area contributed by atoms with E-state index in [9.17, 15) is 14.4 Å². The van der Waals surface area contributed by atoms with E-state index in [2.05, 4.69) is 0 Å². The number of aromatic nitrogens is 2. The van der Waals surface area contributed by atoms with E-state index in [0.717, 1.165) is 43.5 Å². The second kappa shape index (κ2) is 9.34. The van der Waals surface area contributed by atoms with E-state index in [1.54, 1.807) is 59.0 Å². The fraction of sp³-hybridized carbons (Fsp3) is 0.360. The lowest BCUT2D eigenvalue weighted by Crippen LogP contribution is -2.28. The molecule has 2 heterocycles. The zero-order chi connectivity index (χ0) is 22.7. The number of methoxy groups -OCH3 is 1. The predicted octanol–water partition coefficient (Wildman–Crippen LogP) is 3.57. The van der Waals surface area contributed by atoms with Gasteiger partial charge >= 0.3 is 5.97 Å². The molecule has 0 spiro atoms. The molecule has 166 valence electrons. The van der Waals surface area contributed by atoms with Gasteiger partial charge in [0, 0.05) is 32.1 Å². The minimum absolute atomic E-state index is 0.0232. The van der Waals surface area contributed by atoms with Gasteiger partial charge in [0.05, 0.1) is 23.6 Å². The molecule has 1 aromatic heterocycles. The third kappa shape index (κ3) is 4.42. The van der Waals surface area contributed by atoms with Crippen LogP contribution in [0.2, 0.25) is 0 Å². The number of ether oxygens (including phenoxy) is 1. The van der Waals surface area contributed by atoms with Crippen LogP contribution in [0.25, 0.3) is 10.9 Å². The first-order valence-electron chi connectivity index (χ1n) is 10.9. The Labute approximate surface area is 186 Å². The number of nitrogens with zero attached hydrogens (tertiary/aromatic N) is 3. The van der Waals surface area contributed by atoms with Gasteiger partial charge in [0.1, 0.15) is 5.82 Å². The summed E-state index contributed by atoms with van der Waals surface area (Å²) in [4.78, 5) is 43.9. The molecule has 7 nitrogen and oxygen atoms in total. The van der Waals surface area contributed by atoms with Gasteiger partial charge in [-0.2, -0.15) is 0 Å². The summed E-state index contributed by atoms with van der Waals surface area (Å²) >= 11 is 0. The Kier molecular flexibility index (Phi) is 6.35. The average Bonchev–Trinajstić information content (AvgIpc) is 2.79. The number of rotatable bonds is 4. The van der Waals surface area contributed by atoms with Crippen LogP contribution >= 0.6 is 0 Å². The van der Waals surface area contributed by atoms with E-state index >= 15 is 0 Å². The summed E-state index contributed by atoms with van der Waals surface area (Å²) < 4.78 is 6.51. The summed E-state index contributed by atoms with van der Waals surface area (Å²) in [6.45, 7) is 1.09. The lowest BCUT2D eigenvalue weighted by atomic mass is 10.1. The first-order valence-corrected chi connectivity index (χ1v) is 10.9. The second-order valence-electron chi connectivity index (χ2n) is 8.23. The van der Waals surface area contributed by atoms with E-state index < -0.39 is 5.97 Å². The molecule has 0 saturated heterocycles. The molecule has 32 heavy (non-hydrogen) atoms. The maximum Gasteiger partial charge on any atom is 0.337 e. The topological polar surface area (TPSA) is 81.5 Å². The minimum Gasteiger partial charge on any atom is -0.465 e. The zero-order valence-corrected chi connectivity index (χ0v) is 18.5. The van der Waals surface area contributed by atoms with Crippen molar-refractivity contribution in [1.29, 1.82) is 0 Å². The fourth-order valence-electron chi connectivity index (χ4n) is 4.16. The van der Waals surface area contributed by atoms with Gasteiger partial charge in [0.2, 0.25) is 0 Å². The number of fused-ring (bicyclic) bond motifs is 2. The Morgan fingerprint density at radius 1 is 1.03 bits per heavy atom. The number of hydrogen-bond donors (Lipinski definition) is 0. The van der Waals surface area contributed by atoms with Crippen LogP contribution < -0.4 is 5.56 Å². The molecule has 1 aliphatic heterocycles. The van der Waals surface area contributed by atoms with E-state index in [0.29, 0.717) is 35.1 Å². The van der Waals surface area contributed by atoms with Gasteiger partial charge < -0.3 is 9.64 Å². The highest BCUT2D eigenvalue weighted by atomic mass is 16.5. The van der Waals surface area contributed by atoms with Crippen LogP contribution in [0.1, 0.15) is 57.8 Å². The molecular weight excluding hydrogens is 406 g/mol. The normalized spacial score (nSPS) is 13.7. The largest absolute Gasteiger partial charge is 0.465 e. The van der Waals surface area contributed by atoms with Crippen LogP contribution in [0, 0.1) is 0 Å². The van der Waals surface area contributed by atoms with E-state index in [4.69, 9.17) is 9.72 Å². The monoisotopic (exact) mass is 433 g/mol. The molecule has 0 unspecified atom stereocenters.